The molecule has 0 saturated heterocycles. The predicted octanol–water partition coefficient (Wildman–Crippen LogP) is 2.35. The first-order valence-electron chi connectivity index (χ1n) is 6.43. The molecule has 0 rings (SSSR count). The highest BCUT2D eigenvalue weighted by molar-refractivity contribution is 4.91. The molecule has 0 fully saturated rings. The van der Waals surface area contributed by atoms with Gasteiger partial charge in [0.05, 0.1) is 6.54 Å². The van der Waals surface area contributed by atoms with Crippen LogP contribution >= 0.6 is 0 Å². The first-order chi connectivity index (χ1) is 7.52. The van der Waals surface area contributed by atoms with Crippen LogP contribution in [0.15, 0.2) is 0 Å². The number of nitrogens with zero attached hydrogens (tertiary/aromatic N) is 1. The van der Waals surface area contributed by atoms with Crippen LogP contribution in [0.1, 0.15) is 41.0 Å². The summed E-state index contributed by atoms with van der Waals surface area (Å²) in [6.07, 6.45) is 6.60. The minimum Gasteiger partial charge on any atom is -0.313 e. The fourth-order valence-corrected chi connectivity index (χ4v) is 1.91. The normalized spacial score (nSPS) is 13.4. The quantitative estimate of drug-likeness (QED) is 0.637. The minimum absolute atomic E-state index is 0.538. The van der Waals surface area contributed by atoms with Crippen LogP contribution in [0.5, 0.6) is 0 Å². The predicted molar refractivity (Wildman–Crippen MR) is 72.5 cm³/mol. The Morgan fingerprint density at radius 1 is 1.25 bits per heavy atom. The molecule has 0 aromatic heterocycles. The van der Waals surface area contributed by atoms with Crippen molar-refractivity contribution in [3.05, 3.63) is 0 Å². The van der Waals surface area contributed by atoms with Crippen LogP contribution in [-0.4, -0.2) is 36.6 Å². The highest BCUT2D eigenvalue weighted by atomic mass is 15.2. The van der Waals surface area contributed by atoms with Crippen molar-refractivity contribution in [3.63, 3.8) is 0 Å². The lowest BCUT2D eigenvalue weighted by Crippen LogP contribution is -2.47. The lowest BCUT2D eigenvalue weighted by molar-refractivity contribution is 0.168. The third-order valence-electron chi connectivity index (χ3n) is 2.78. The van der Waals surface area contributed by atoms with E-state index >= 15 is 0 Å². The molecule has 2 nitrogen and oxygen atoms in total. The van der Waals surface area contributed by atoms with E-state index in [1.54, 1.807) is 0 Å². The largest absolute Gasteiger partial charge is 0.313 e. The van der Waals surface area contributed by atoms with Crippen molar-refractivity contribution < 1.29 is 0 Å². The van der Waals surface area contributed by atoms with Gasteiger partial charge in [-0.05, 0) is 18.9 Å². The average molecular weight is 224 g/mol. The van der Waals surface area contributed by atoms with Gasteiger partial charge in [0.2, 0.25) is 0 Å². The Morgan fingerprint density at radius 2 is 1.88 bits per heavy atom. The molecule has 0 amide bonds. The van der Waals surface area contributed by atoms with E-state index in [-0.39, 0.29) is 0 Å². The molecule has 1 atom stereocenters. The third kappa shape index (κ3) is 6.15. The smallest absolute Gasteiger partial charge is 0.0601 e. The van der Waals surface area contributed by atoms with Crippen LogP contribution in [0.25, 0.3) is 0 Å². The van der Waals surface area contributed by atoms with E-state index in [9.17, 15) is 0 Å². The van der Waals surface area contributed by atoms with Crippen LogP contribution in [0, 0.1) is 18.3 Å². The molecule has 1 unspecified atom stereocenters. The lowest BCUT2D eigenvalue weighted by atomic mass is 10.0. The Labute approximate surface area is 102 Å². The maximum atomic E-state index is 5.44. The number of hydrogen-bond acceptors (Lipinski definition) is 2. The standard InChI is InChI=1S/C14H28N2/c1-7-9-16(10-8-2)14(12(3)4)11-15-13(5)6/h1,12-15H,8-11H2,2-6H3. The topological polar surface area (TPSA) is 15.3 Å². The summed E-state index contributed by atoms with van der Waals surface area (Å²) in [6, 6.07) is 1.08. The van der Waals surface area contributed by atoms with Crippen molar-refractivity contribution in [1.82, 2.24) is 10.2 Å². The summed E-state index contributed by atoms with van der Waals surface area (Å²) in [5.74, 6) is 3.40. The van der Waals surface area contributed by atoms with E-state index < -0.39 is 0 Å². The fraction of sp³-hybridized carbons (Fsp3) is 0.857. The summed E-state index contributed by atoms with van der Waals surface area (Å²) in [7, 11) is 0. The SMILES string of the molecule is C#CCN(CCC)C(CNC(C)C)C(C)C. The average Bonchev–Trinajstić information content (AvgIpc) is 2.17. The van der Waals surface area contributed by atoms with Gasteiger partial charge in [-0.3, -0.25) is 4.90 Å². The molecule has 0 aliphatic rings. The first-order valence-corrected chi connectivity index (χ1v) is 6.43. The van der Waals surface area contributed by atoms with Gasteiger partial charge in [-0.25, -0.2) is 0 Å². The Balaban J connectivity index is 4.39. The third-order valence-corrected chi connectivity index (χ3v) is 2.78. The Kier molecular flexibility index (Phi) is 8.33. The van der Waals surface area contributed by atoms with Gasteiger partial charge in [-0.2, -0.15) is 0 Å². The number of hydrogen-bond donors (Lipinski definition) is 1. The monoisotopic (exact) mass is 224 g/mol. The Morgan fingerprint density at radius 3 is 2.25 bits per heavy atom. The summed E-state index contributed by atoms with van der Waals surface area (Å²) in [6.45, 7) is 14.0. The molecule has 0 bridgehead atoms. The van der Waals surface area contributed by atoms with E-state index in [1.807, 2.05) is 0 Å². The van der Waals surface area contributed by atoms with Gasteiger partial charge in [-0.1, -0.05) is 40.5 Å². The van der Waals surface area contributed by atoms with Crippen molar-refractivity contribution in [2.75, 3.05) is 19.6 Å². The highest BCUT2D eigenvalue weighted by Gasteiger charge is 2.20. The molecule has 0 saturated carbocycles. The molecular weight excluding hydrogens is 196 g/mol. The summed E-state index contributed by atoms with van der Waals surface area (Å²) in [5.41, 5.74) is 0. The minimum atomic E-state index is 0.538. The molecular formula is C14H28N2. The molecule has 0 spiro atoms. The molecule has 16 heavy (non-hydrogen) atoms. The molecule has 0 heterocycles. The van der Waals surface area contributed by atoms with Gasteiger partial charge in [-0.15, -0.1) is 6.42 Å². The van der Waals surface area contributed by atoms with Crippen molar-refractivity contribution in [2.45, 2.75) is 53.1 Å². The van der Waals surface area contributed by atoms with E-state index in [2.05, 4.69) is 50.8 Å². The van der Waals surface area contributed by atoms with Crippen LogP contribution < -0.4 is 5.32 Å². The van der Waals surface area contributed by atoms with Crippen LogP contribution in [0.4, 0.5) is 0 Å². The second kappa shape index (κ2) is 8.61. The number of nitrogens with one attached hydrogen (secondary N) is 1. The molecule has 0 radical (unpaired) electrons. The first kappa shape index (κ1) is 15.5. The van der Waals surface area contributed by atoms with Crippen molar-refractivity contribution in [3.8, 4) is 12.3 Å². The number of rotatable bonds is 8. The summed E-state index contributed by atoms with van der Waals surface area (Å²) >= 11 is 0. The molecule has 94 valence electrons. The second-order valence-corrected chi connectivity index (χ2v) is 5.05. The lowest BCUT2D eigenvalue weighted by Gasteiger charge is -2.33. The zero-order valence-corrected chi connectivity index (χ0v) is 11.6. The molecule has 0 aromatic carbocycles. The van der Waals surface area contributed by atoms with Crippen molar-refractivity contribution in [2.24, 2.45) is 5.92 Å². The molecule has 2 heteroatoms. The fourth-order valence-electron chi connectivity index (χ4n) is 1.91. The summed E-state index contributed by atoms with van der Waals surface area (Å²) in [4.78, 5) is 2.42. The van der Waals surface area contributed by atoms with Gasteiger partial charge in [0.1, 0.15) is 0 Å². The highest BCUT2D eigenvalue weighted by Crippen LogP contribution is 2.10. The van der Waals surface area contributed by atoms with Gasteiger partial charge in [0.25, 0.3) is 0 Å². The van der Waals surface area contributed by atoms with Gasteiger partial charge < -0.3 is 5.32 Å². The molecule has 0 aliphatic heterocycles. The van der Waals surface area contributed by atoms with Crippen molar-refractivity contribution >= 4 is 0 Å². The van der Waals surface area contributed by atoms with E-state index in [4.69, 9.17) is 6.42 Å². The van der Waals surface area contributed by atoms with Gasteiger partial charge in [0, 0.05) is 18.6 Å². The van der Waals surface area contributed by atoms with E-state index in [1.165, 1.54) is 0 Å². The van der Waals surface area contributed by atoms with E-state index in [0.29, 0.717) is 18.0 Å². The summed E-state index contributed by atoms with van der Waals surface area (Å²) < 4.78 is 0. The van der Waals surface area contributed by atoms with Crippen LogP contribution in [0.3, 0.4) is 0 Å². The number of terminal acetylenes is 1. The van der Waals surface area contributed by atoms with E-state index in [0.717, 1.165) is 26.1 Å². The maximum Gasteiger partial charge on any atom is 0.0601 e. The van der Waals surface area contributed by atoms with Crippen LogP contribution in [-0.2, 0) is 0 Å². The van der Waals surface area contributed by atoms with Crippen molar-refractivity contribution in [1.29, 1.82) is 0 Å². The van der Waals surface area contributed by atoms with Gasteiger partial charge in [0.15, 0.2) is 0 Å². The maximum absolute atomic E-state index is 5.44. The van der Waals surface area contributed by atoms with Gasteiger partial charge >= 0.3 is 0 Å². The molecule has 0 aliphatic carbocycles. The molecule has 1 N–H and O–H groups in total. The van der Waals surface area contributed by atoms with Crippen LogP contribution in [0.2, 0.25) is 0 Å². The second-order valence-electron chi connectivity index (χ2n) is 5.05. The Hall–Kier alpha value is -0.520. The Bertz CT molecular complexity index is 203. The zero-order chi connectivity index (χ0) is 12.6. The summed E-state index contributed by atoms with van der Waals surface area (Å²) in [5, 5.41) is 3.51. The zero-order valence-electron chi connectivity index (χ0n) is 11.6. The molecule has 0 aromatic rings.